The Balaban J connectivity index is 2.37. The lowest BCUT2D eigenvalue weighted by atomic mass is 10.0. The highest BCUT2D eigenvalue weighted by molar-refractivity contribution is 5.66. The fourth-order valence-electron chi connectivity index (χ4n) is 2.63. The van der Waals surface area contributed by atoms with Gasteiger partial charge in [0, 0.05) is 38.1 Å². The van der Waals surface area contributed by atoms with Crippen LogP contribution in [0.15, 0.2) is 0 Å². The smallest absolute Gasteiger partial charge is 0.303 e. The van der Waals surface area contributed by atoms with Gasteiger partial charge in [-0.1, -0.05) is 13.8 Å². The van der Waals surface area contributed by atoms with E-state index in [1.54, 1.807) is 0 Å². The molecule has 0 saturated carbocycles. The molecule has 5 heteroatoms. The molecule has 0 aromatic heterocycles. The van der Waals surface area contributed by atoms with Gasteiger partial charge in [0.15, 0.2) is 0 Å². The minimum Gasteiger partial charge on any atom is -0.481 e. The van der Waals surface area contributed by atoms with Crippen molar-refractivity contribution in [2.75, 3.05) is 32.8 Å². The van der Waals surface area contributed by atoms with E-state index in [0.717, 1.165) is 32.8 Å². The van der Waals surface area contributed by atoms with Crippen LogP contribution in [0, 0.1) is 5.92 Å². The summed E-state index contributed by atoms with van der Waals surface area (Å²) in [4.78, 5) is 13.1. The Morgan fingerprint density at radius 2 is 1.95 bits per heavy atom. The number of hydrogen-bond donors (Lipinski definition) is 2. The van der Waals surface area contributed by atoms with Crippen LogP contribution in [0.1, 0.15) is 40.0 Å². The fourth-order valence-corrected chi connectivity index (χ4v) is 2.63. The normalized spacial score (nSPS) is 20.0. The number of rotatable bonds is 9. The van der Waals surface area contributed by atoms with E-state index in [4.69, 9.17) is 9.84 Å². The molecule has 0 aromatic rings. The first-order valence-corrected chi connectivity index (χ1v) is 7.76. The van der Waals surface area contributed by atoms with Crippen LogP contribution in [0.25, 0.3) is 0 Å². The molecule has 0 aliphatic carbocycles. The van der Waals surface area contributed by atoms with Gasteiger partial charge in [0.25, 0.3) is 0 Å². The van der Waals surface area contributed by atoms with Crippen molar-refractivity contribution in [3.05, 3.63) is 0 Å². The molecule has 118 valence electrons. The maximum atomic E-state index is 10.6. The summed E-state index contributed by atoms with van der Waals surface area (Å²) in [6, 6.07) is 0.771. The summed E-state index contributed by atoms with van der Waals surface area (Å²) in [5.74, 6) is -0.0514. The van der Waals surface area contributed by atoms with Crippen molar-refractivity contribution in [3.8, 4) is 0 Å². The molecule has 1 aliphatic heterocycles. The minimum absolute atomic E-state index is 0.237. The molecule has 1 fully saturated rings. The summed E-state index contributed by atoms with van der Waals surface area (Å²) < 4.78 is 5.42. The Hall–Kier alpha value is -0.650. The minimum atomic E-state index is -0.717. The highest BCUT2D eigenvalue weighted by Gasteiger charge is 2.22. The van der Waals surface area contributed by atoms with Gasteiger partial charge in [-0.25, -0.2) is 0 Å². The Morgan fingerprint density at radius 1 is 1.30 bits per heavy atom. The molecule has 0 radical (unpaired) electrons. The van der Waals surface area contributed by atoms with Gasteiger partial charge in [-0.3, -0.25) is 9.69 Å². The largest absolute Gasteiger partial charge is 0.481 e. The zero-order chi connectivity index (χ0) is 15.0. The molecular weight excluding hydrogens is 256 g/mol. The van der Waals surface area contributed by atoms with Crippen LogP contribution >= 0.6 is 0 Å². The average Bonchev–Trinajstić information content (AvgIpc) is 2.41. The van der Waals surface area contributed by atoms with E-state index >= 15 is 0 Å². The Bertz CT molecular complexity index is 278. The maximum Gasteiger partial charge on any atom is 0.303 e. The summed E-state index contributed by atoms with van der Waals surface area (Å²) in [5, 5.41) is 12.2. The van der Waals surface area contributed by atoms with E-state index in [0.29, 0.717) is 18.4 Å². The molecule has 5 nitrogen and oxygen atoms in total. The molecule has 2 N–H and O–H groups in total. The van der Waals surface area contributed by atoms with E-state index in [1.807, 2.05) is 0 Å². The predicted octanol–water partition coefficient (Wildman–Crippen LogP) is 1.58. The topological polar surface area (TPSA) is 61.8 Å². The van der Waals surface area contributed by atoms with Gasteiger partial charge in [-0.2, -0.15) is 0 Å². The number of morpholine rings is 1. The first-order valence-electron chi connectivity index (χ1n) is 7.76. The van der Waals surface area contributed by atoms with Crippen molar-refractivity contribution in [1.82, 2.24) is 10.2 Å². The first-order chi connectivity index (χ1) is 9.49. The second-order valence-electron chi connectivity index (χ2n) is 6.17. The maximum absolute atomic E-state index is 10.6. The highest BCUT2D eigenvalue weighted by Crippen LogP contribution is 2.13. The molecule has 2 atom stereocenters. The number of carboxylic acids is 1. The molecule has 1 rings (SSSR count). The van der Waals surface area contributed by atoms with Crippen molar-refractivity contribution in [2.45, 2.75) is 52.1 Å². The van der Waals surface area contributed by atoms with Crippen LogP contribution in [-0.4, -0.2) is 60.9 Å². The molecule has 0 bridgehead atoms. The Labute approximate surface area is 122 Å². The molecule has 1 heterocycles. The second kappa shape index (κ2) is 9.32. The van der Waals surface area contributed by atoms with Crippen LogP contribution in [0.4, 0.5) is 0 Å². The van der Waals surface area contributed by atoms with Crippen LogP contribution in [0.3, 0.4) is 0 Å². The van der Waals surface area contributed by atoms with Gasteiger partial charge >= 0.3 is 5.97 Å². The van der Waals surface area contributed by atoms with E-state index in [-0.39, 0.29) is 12.5 Å². The number of nitrogens with one attached hydrogen (secondary N) is 1. The SMILES string of the molecule is CC(C)CC(CNC(C)CCC(=O)O)N1CCOCC1. The monoisotopic (exact) mass is 286 g/mol. The van der Waals surface area contributed by atoms with Crippen molar-refractivity contribution >= 4 is 5.97 Å². The second-order valence-corrected chi connectivity index (χ2v) is 6.17. The lowest BCUT2D eigenvalue weighted by Gasteiger charge is -2.36. The van der Waals surface area contributed by atoms with Gasteiger partial charge in [-0.05, 0) is 25.7 Å². The molecule has 1 saturated heterocycles. The molecule has 0 aromatic carbocycles. The summed E-state index contributed by atoms with van der Waals surface area (Å²) in [5.41, 5.74) is 0. The van der Waals surface area contributed by atoms with Gasteiger partial charge in [0.05, 0.1) is 13.2 Å². The van der Waals surface area contributed by atoms with Crippen LogP contribution < -0.4 is 5.32 Å². The zero-order valence-electron chi connectivity index (χ0n) is 13.1. The van der Waals surface area contributed by atoms with Crippen molar-refractivity contribution < 1.29 is 14.6 Å². The lowest BCUT2D eigenvalue weighted by molar-refractivity contribution is -0.137. The van der Waals surface area contributed by atoms with E-state index < -0.39 is 5.97 Å². The fraction of sp³-hybridized carbons (Fsp3) is 0.933. The number of carbonyl (C=O) groups is 1. The lowest BCUT2D eigenvalue weighted by Crippen LogP contribution is -2.49. The third kappa shape index (κ3) is 7.22. The standard InChI is InChI=1S/C15H30N2O3/c1-12(2)10-14(17-6-8-20-9-7-17)11-16-13(3)4-5-15(18)19/h12-14,16H,4-11H2,1-3H3,(H,18,19). The average molecular weight is 286 g/mol. The summed E-state index contributed by atoms with van der Waals surface area (Å²) >= 11 is 0. The quantitative estimate of drug-likeness (QED) is 0.674. The van der Waals surface area contributed by atoms with Gasteiger partial charge in [-0.15, -0.1) is 0 Å². The van der Waals surface area contributed by atoms with Gasteiger partial charge in [0.1, 0.15) is 0 Å². The summed E-state index contributed by atoms with van der Waals surface area (Å²) in [6.07, 6.45) is 2.09. The van der Waals surface area contributed by atoms with Crippen molar-refractivity contribution in [2.24, 2.45) is 5.92 Å². The predicted molar refractivity (Wildman–Crippen MR) is 80.0 cm³/mol. The van der Waals surface area contributed by atoms with Crippen LogP contribution in [0.5, 0.6) is 0 Å². The number of nitrogens with zero attached hydrogens (tertiary/aromatic N) is 1. The molecule has 0 amide bonds. The van der Waals surface area contributed by atoms with Crippen molar-refractivity contribution in [3.63, 3.8) is 0 Å². The third-order valence-corrected chi connectivity index (χ3v) is 3.80. The van der Waals surface area contributed by atoms with Crippen LogP contribution in [0.2, 0.25) is 0 Å². The molecule has 0 spiro atoms. The molecule has 2 unspecified atom stereocenters. The molecule has 1 aliphatic rings. The number of ether oxygens (including phenoxy) is 1. The Kier molecular flexibility index (Phi) is 8.11. The van der Waals surface area contributed by atoms with Crippen molar-refractivity contribution in [1.29, 1.82) is 0 Å². The summed E-state index contributed by atoms with van der Waals surface area (Å²) in [7, 11) is 0. The van der Waals surface area contributed by atoms with Crippen LogP contribution in [-0.2, 0) is 9.53 Å². The van der Waals surface area contributed by atoms with E-state index in [9.17, 15) is 4.79 Å². The van der Waals surface area contributed by atoms with E-state index in [1.165, 1.54) is 6.42 Å². The number of hydrogen-bond acceptors (Lipinski definition) is 4. The molecule has 20 heavy (non-hydrogen) atoms. The van der Waals surface area contributed by atoms with Gasteiger partial charge in [0.2, 0.25) is 0 Å². The van der Waals surface area contributed by atoms with E-state index in [2.05, 4.69) is 31.0 Å². The first kappa shape index (κ1) is 17.4. The van der Waals surface area contributed by atoms with Gasteiger partial charge < -0.3 is 15.2 Å². The number of aliphatic carboxylic acids is 1. The zero-order valence-corrected chi connectivity index (χ0v) is 13.1. The Morgan fingerprint density at radius 3 is 2.50 bits per heavy atom. The third-order valence-electron chi connectivity index (χ3n) is 3.80. The molecular formula is C15H30N2O3. The summed E-state index contributed by atoms with van der Waals surface area (Å²) in [6.45, 7) is 11.1. The number of carboxylic acid groups (broad SMARTS) is 1. The highest BCUT2D eigenvalue weighted by atomic mass is 16.5.